The van der Waals surface area contributed by atoms with Gasteiger partial charge in [-0.15, -0.1) is 0 Å². The molecule has 3 fully saturated rings. The maximum atomic E-state index is 12.6. The molecule has 6 heteroatoms. The number of likely N-dealkylation sites (tertiary alicyclic amines) is 3. The number of amides is 1. The summed E-state index contributed by atoms with van der Waals surface area (Å²) in [4.78, 5) is 19.9. The van der Waals surface area contributed by atoms with Crippen LogP contribution < -0.4 is 4.74 Å². The van der Waals surface area contributed by atoms with Crippen LogP contribution in [0.5, 0.6) is 5.75 Å². The fourth-order valence-electron chi connectivity index (χ4n) is 7.11. The molecule has 2 atom stereocenters. The van der Waals surface area contributed by atoms with Crippen LogP contribution in [0.15, 0.2) is 48.5 Å². The number of methoxy groups -OCH3 is 1. The highest BCUT2D eigenvalue weighted by Crippen LogP contribution is 2.46. The number of hydrogen-bond donors (Lipinski definition) is 0. The first-order valence-corrected chi connectivity index (χ1v) is 15.2. The van der Waals surface area contributed by atoms with Gasteiger partial charge in [-0.05, 0) is 80.2 Å². The van der Waals surface area contributed by atoms with Gasteiger partial charge in [0.15, 0.2) is 0 Å². The van der Waals surface area contributed by atoms with E-state index >= 15 is 0 Å². The van der Waals surface area contributed by atoms with E-state index in [0.717, 1.165) is 64.4 Å². The maximum absolute atomic E-state index is 12.6. The van der Waals surface area contributed by atoms with E-state index in [2.05, 4.69) is 72.2 Å². The second-order valence-corrected chi connectivity index (χ2v) is 13.7. The lowest BCUT2D eigenvalue weighted by atomic mass is 9.69. The summed E-state index contributed by atoms with van der Waals surface area (Å²) < 4.78 is 11.0. The third-order valence-corrected chi connectivity index (χ3v) is 9.26. The van der Waals surface area contributed by atoms with Crippen LogP contribution in [0.2, 0.25) is 0 Å². The van der Waals surface area contributed by atoms with Crippen molar-refractivity contribution >= 4 is 6.09 Å². The van der Waals surface area contributed by atoms with Gasteiger partial charge in [0.2, 0.25) is 0 Å². The van der Waals surface area contributed by atoms with E-state index < -0.39 is 5.60 Å². The summed E-state index contributed by atoms with van der Waals surface area (Å²) in [7, 11) is 1.72. The molecule has 6 nitrogen and oxygen atoms in total. The van der Waals surface area contributed by atoms with E-state index in [-0.39, 0.29) is 6.09 Å². The second kappa shape index (κ2) is 11.7. The molecule has 3 saturated heterocycles. The zero-order valence-electron chi connectivity index (χ0n) is 25.5. The SMILES string of the molecule is COc1ccc(CN2CCC(N3CC4(CCN(C(=O)OC(C)(C)C)CC4)C3)C(c3ccccc3C(C)C)C2)cc1. The quantitative estimate of drug-likeness (QED) is 0.413. The summed E-state index contributed by atoms with van der Waals surface area (Å²) in [6.07, 6.45) is 3.18. The Balaban J connectivity index is 1.27. The lowest BCUT2D eigenvalue weighted by Gasteiger charge is -2.59. The number of nitrogens with zero attached hydrogens (tertiary/aromatic N) is 3. The zero-order chi connectivity index (χ0) is 28.5. The molecule has 1 amide bonds. The van der Waals surface area contributed by atoms with Gasteiger partial charge in [0.25, 0.3) is 0 Å². The molecule has 3 heterocycles. The van der Waals surface area contributed by atoms with Crippen LogP contribution >= 0.6 is 0 Å². The van der Waals surface area contributed by atoms with Crippen molar-refractivity contribution in [1.29, 1.82) is 0 Å². The van der Waals surface area contributed by atoms with Gasteiger partial charge in [-0.2, -0.15) is 0 Å². The second-order valence-electron chi connectivity index (χ2n) is 13.7. The van der Waals surface area contributed by atoms with Crippen LogP contribution in [0.4, 0.5) is 4.79 Å². The molecule has 0 bridgehead atoms. The normalized spacial score (nSPS) is 23.7. The Morgan fingerprint density at radius 1 is 1.00 bits per heavy atom. The molecule has 5 rings (SSSR count). The van der Waals surface area contributed by atoms with E-state index in [0.29, 0.717) is 23.3 Å². The predicted octanol–water partition coefficient (Wildman–Crippen LogP) is 6.51. The molecule has 0 aromatic heterocycles. The molecule has 3 aliphatic heterocycles. The van der Waals surface area contributed by atoms with E-state index in [4.69, 9.17) is 9.47 Å². The third kappa shape index (κ3) is 6.49. The van der Waals surface area contributed by atoms with Crippen LogP contribution in [-0.2, 0) is 11.3 Å². The smallest absolute Gasteiger partial charge is 0.410 e. The molecule has 0 saturated carbocycles. The molecule has 3 aliphatic rings. The Morgan fingerprint density at radius 2 is 1.68 bits per heavy atom. The van der Waals surface area contributed by atoms with Crippen LogP contribution in [0, 0.1) is 5.41 Å². The topological polar surface area (TPSA) is 45.2 Å². The lowest BCUT2D eigenvalue weighted by molar-refractivity contribution is -0.0865. The number of carbonyl (C=O) groups is 1. The van der Waals surface area contributed by atoms with Crippen LogP contribution in [0.1, 0.15) is 82.4 Å². The first-order chi connectivity index (χ1) is 19.1. The highest BCUT2D eigenvalue weighted by Gasteiger charge is 2.50. The Morgan fingerprint density at radius 3 is 2.30 bits per heavy atom. The zero-order valence-corrected chi connectivity index (χ0v) is 25.5. The monoisotopic (exact) mass is 547 g/mol. The van der Waals surface area contributed by atoms with Crippen molar-refractivity contribution in [3.05, 3.63) is 65.2 Å². The maximum Gasteiger partial charge on any atom is 0.410 e. The Hall–Kier alpha value is -2.57. The van der Waals surface area contributed by atoms with E-state index in [1.165, 1.54) is 23.1 Å². The summed E-state index contributed by atoms with van der Waals surface area (Å²) in [5.74, 6) is 1.91. The Bertz CT molecular complexity index is 1140. The molecule has 0 radical (unpaired) electrons. The average molecular weight is 548 g/mol. The molecular weight excluding hydrogens is 498 g/mol. The number of hydrogen-bond acceptors (Lipinski definition) is 5. The largest absolute Gasteiger partial charge is 0.497 e. The fourth-order valence-corrected chi connectivity index (χ4v) is 7.11. The molecule has 0 aliphatic carbocycles. The predicted molar refractivity (Wildman–Crippen MR) is 161 cm³/mol. The number of ether oxygens (including phenoxy) is 2. The Kier molecular flexibility index (Phi) is 8.49. The Labute approximate surface area is 241 Å². The number of carbonyl (C=O) groups excluding carboxylic acids is 1. The van der Waals surface area contributed by atoms with Crippen molar-refractivity contribution in [2.24, 2.45) is 5.41 Å². The van der Waals surface area contributed by atoms with E-state index in [1.54, 1.807) is 7.11 Å². The van der Waals surface area contributed by atoms with Crippen LogP contribution in [0.3, 0.4) is 0 Å². The van der Waals surface area contributed by atoms with E-state index in [9.17, 15) is 4.79 Å². The van der Waals surface area contributed by atoms with Gasteiger partial charge >= 0.3 is 6.09 Å². The first kappa shape index (κ1) is 28.9. The summed E-state index contributed by atoms with van der Waals surface area (Å²) in [6, 6.07) is 18.2. The van der Waals surface area contributed by atoms with Gasteiger partial charge in [-0.25, -0.2) is 4.79 Å². The van der Waals surface area contributed by atoms with Gasteiger partial charge in [0.1, 0.15) is 11.4 Å². The van der Waals surface area contributed by atoms with Gasteiger partial charge in [0.05, 0.1) is 7.11 Å². The minimum atomic E-state index is -0.441. The van der Waals surface area contributed by atoms with Gasteiger partial charge in [-0.1, -0.05) is 50.2 Å². The van der Waals surface area contributed by atoms with Crippen molar-refractivity contribution < 1.29 is 14.3 Å². The summed E-state index contributed by atoms with van der Waals surface area (Å²) in [5, 5.41) is 0. The summed E-state index contributed by atoms with van der Waals surface area (Å²) in [5.41, 5.74) is 4.27. The highest BCUT2D eigenvalue weighted by molar-refractivity contribution is 5.68. The van der Waals surface area contributed by atoms with Crippen LogP contribution in [0.25, 0.3) is 0 Å². The van der Waals surface area contributed by atoms with Crippen molar-refractivity contribution in [1.82, 2.24) is 14.7 Å². The lowest BCUT2D eigenvalue weighted by Crippen LogP contribution is -2.65. The number of rotatable bonds is 6. The van der Waals surface area contributed by atoms with Crippen molar-refractivity contribution in [3.63, 3.8) is 0 Å². The van der Waals surface area contributed by atoms with Gasteiger partial charge < -0.3 is 14.4 Å². The minimum absolute atomic E-state index is 0.159. The third-order valence-electron chi connectivity index (χ3n) is 9.26. The molecule has 1 spiro atoms. The molecule has 2 unspecified atom stereocenters. The summed E-state index contributed by atoms with van der Waals surface area (Å²) in [6.45, 7) is 17.6. The minimum Gasteiger partial charge on any atom is -0.497 e. The molecular formula is C34H49N3O3. The van der Waals surface area contributed by atoms with Crippen molar-refractivity contribution in [3.8, 4) is 5.75 Å². The molecule has 218 valence electrons. The molecule has 2 aromatic rings. The number of benzene rings is 2. The van der Waals surface area contributed by atoms with Gasteiger partial charge in [-0.3, -0.25) is 9.80 Å². The first-order valence-electron chi connectivity index (χ1n) is 15.2. The van der Waals surface area contributed by atoms with Crippen LogP contribution in [-0.4, -0.2) is 78.8 Å². The standard InChI is InChI=1S/C34H49N3O3/c1-25(2)28-9-7-8-10-29(28)30-22-35(21-26-11-13-27(39-6)14-12-26)18-15-31(30)37-23-34(24-37)16-19-36(20-17-34)32(38)40-33(3,4)5/h7-14,25,30-31H,15-24H2,1-6H3. The van der Waals surface area contributed by atoms with Crippen molar-refractivity contribution in [2.75, 3.05) is 46.4 Å². The average Bonchev–Trinajstić information content (AvgIpc) is 2.91. The van der Waals surface area contributed by atoms with E-state index in [1.807, 2.05) is 25.7 Å². The van der Waals surface area contributed by atoms with Crippen molar-refractivity contribution in [2.45, 2.75) is 83.9 Å². The molecule has 0 N–H and O–H groups in total. The summed E-state index contributed by atoms with van der Waals surface area (Å²) >= 11 is 0. The highest BCUT2D eigenvalue weighted by atomic mass is 16.6. The molecule has 40 heavy (non-hydrogen) atoms. The van der Waals surface area contributed by atoms with Gasteiger partial charge in [0, 0.05) is 57.8 Å². The fraction of sp³-hybridized carbons (Fsp3) is 0.618. The number of piperidine rings is 2. The molecule has 2 aromatic carbocycles.